The lowest BCUT2D eigenvalue weighted by molar-refractivity contribution is 0.112. The van der Waals surface area contributed by atoms with Crippen molar-refractivity contribution in [2.75, 3.05) is 0 Å². The highest BCUT2D eigenvalue weighted by molar-refractivity contribution is 7.17. The number of hydrogen-bond acceptors (Lipinski definition) is 3. The molecule has 1 aromatic carbocycles. The Bertz CT molecular complexity index is 490. The minimum atomic E-state index is -0.0352. The molecule has 0 saturated carbocycles. The van der Waals surface area contributed by atoms with Crippen molar-refractivity contribution < 1.29 is 9.90 Å². The Hall–Kier alpha value is -0.900. The van der Waals surface area contributed by atoms with E-state index >= 15 is 0 Å². The maximum Gasteiger partial charge on any atom is 0.151 e. The fourth-order valence-corrected chi connectivity index (χ4v) is 2.77. The van der Waals surface area contributed by atoms with Crippen LogP contribution in [-0.2, 0) is 6.61 Å². The Balaban J connectivity index is 2.86. The molecule has 0 radical (unpaired) electrons. The molecule has 4 heteroatoms. The van der Waals surface area contributed by atoms with E-state index in [4.69, 9.17) is 16.7 Å². The summed E-state index contributed by atoms with van der Waals surface area (Å²) in [5, 5.41) is 12.1. The van der Waals surface area contributed by atoms with Gasteiger partial charge in [-0.25, -0.2) is 0 Å². The van der Waals surface area contributed by atoms with Gasteiger partial charge >= 0.3 is 0 Å². The zero-order valence-electron chi connectivity index (χ0n) is 7.16. The standard InChI is InChI=1S/C10H7ClO2S/c11-8-2-1-6(3-12)10-9(8)7(4-13)5-14-10/h1-2,4-5,12H,3H2. The summed E-state index contributed by atoms with van der Waals surface area (Å²) >= 11 is 7.41. The summed E-state index contributed by atoms with van der Waals surface area (Å²) in [6, 6.07) is 3.48. The first kappa shape index (κ1) is 9.65. The molecule has 0 spiro atoms. The first-order chi connectivity index (χ1) is 6.77. The molecule has 1 aromatic heterocycles. The molecule has 2 aromatic rings. The highest BCUT2D eigenvalue weighted by atomic mass is 35.5. The number of carbonyl (C=O) groups is 1. The van der Waals surface area contributed by atoms with E-state index in [0.717, 1.165) is 21.9 Å². The van der Waals surface area contributed by atoms with Crippen LogP contribution in [0.25, 0.3) is 10.1 Å². The molecular weight excluding hydrogens is 220 g/mol. The largest absolute Gasteiger partial charge is 0.392 e. The number of thiophene rings is 1. The van der Waals surface area contributed by atoms with E-state index in [1.807, 2.05) is 0 Å². The Morgan fingerprint density at radius 1 is 1.50 bits per heavy atom. The van der Waals surface area contributed by atoms with Gasteiger partial charge in [0.15, 0.2) is 6.29 Å². The lowest BCUT2D eigenvalue weighted by Gasteiger charge is -2.00. The van der Waals surface area contributed by atoms with Crippen LogP contribution < -0.4 is 0 Å². The van der Waals surface area contributed by atoms with Gasteiger partial charge in [0, 0.05) is 26.1 Å². The number of carbonyl (C=O) groups excluding carboxylic acids is 1. The second kappa shape index (κ2) is 3.69. The quantitative estimate of drug-likeness (QED) is 0.800. The Kier molecular flexibility index (Phi) is 2.54. The predicted molar refractivity (Wildman–Crippen MR) is 58.1 cm³/mol. The van der Waals surface area contributed by atoms with E-state index < -0.39 is 0 Å². The van der Waals surface area contributed by atoms with Gasteiger partial charge in [0.2, 0.25) is 0 Å². The van der Waals surface area contributed by atoms with Crippen molar-refractivity contribution in [3.8, 4) is 0 Å². The smallest absolute Gasteiger partial charge is 0.151 e. The summed E-state index contributed by atoms with van der Waals surface area (Å²) in [6.45, 7) is -0.0352. The zero-order chi connectivity index (χ0) is 10.1. The molecule has 0 atom stereocenters. The molecule has 0 aliphatic heterocycles. The number of fused-ring (bicyclic) bond motifs is 1. The van der Waals surface area contributed by atoms with Gasteiger partial charge < -0.3 is 5.11 Å². The average Bonchev–Trinajstić information content (AvgIpc) is 2.63. The molecule has 0 unspecified atom stereocenters. The van der Waals surface area contributed by atoms with Crippen LogP contribution in [0.4, 0.5) is 0 Å². The zero-order valence-corrected chi connectivity index (χ0v) is 8.73. The third-order valence-electron chi connectivity index (χ3n) is 2.08. The lowest BCUT2D eigenvalue weighted by atomic mass is 10.1. The molecule has 0 aliphatic carbocycles. The van der Waals surface area contributed by atoms with Crippen molar-refractivity contribution in [1.29, 1.82) is 0 Å². The van der Waals surface area contributed by atoms with Crippen molar-refractivity contribution in [1.82, 2.24) is 0 Å². The van der Waals surface area contributed by atoms with Crippen molar-refractivity contribution >= 4 is 39.3 Å². The number of aliphatic hydroxyl groups is 1. The van der Waals surface area contributed by atoms with Crippen molar-refractivity contribution in [2.24, 2.45) is 0 Å². The van der Waals surface area contributed by atoms with Crippen LogP contribution in [0.15, 0.2) is 17.5 Å². The van der Waals surface area contributed by atoms with Crippen LogP contribution in [0.2, 0.25) is 5.02 Å². The number of hydrogen-bond donors (Lipinski definition) is 1. The monoisotopic (exact) mass is 226 g/mol. The fourth-order valence-electron chi connectivity index (χ4n) is 1.40. The summed E-state index contributed by atoms with van der Waals surface area (Å²) in [4.78, 5) is 10.7. The van der Waals surface area contributed by atoms with E-state index in [1.165, 1.54) is 11.3 Å². The van der Waals surface area contributed by atoms with Gasteiger partial charge in [0.05, 0.1) is 6.61 Å². The molecule has 2 rings (SSSR count). The maximum atomic E-state index is 10.7. The highest BCUT2D eigenvalue weighted by Crippen LogP contribution is 2.33. The van der Waals surface area contributed by atoms with Gasteiger partial charge in [-0.2, -0.15) is 0 Å². The normalized spacial score (nSPS) is 10.7. The van der Waals surface area contributed by atoms with Crippen LogP contribution >= 0.6 is 22.9 Å². The number of benzene rings is 1. The first-order valence-electron chi connectivity index (χ1n) is 4.02. The Labute approximate surface area is 89.7 Å². The molecule has 72 valence electrons. The molecule has 14 heavy (non-hydrogen) atoms. The van der Waals surface area contributed by atoms with E-state index in [9.17, 15) is 4.79 Å². The van der Waals surface area contributed by atoms with Gasteiger partial charge in [0.1, 0.15) is 0 Å². The predicted octanol–water partition coefficient (Wildman–Crippen LogP) is 2.86. The van der Waals surface area contributed by atoms with Gasteiger partial charge in [-0.3, -0.25) is 4.79 Å². The molecule has 0 bridgehead atoms. The second-order valence-electron chi connectivity index (χ2n) is 2.88. The van der Waals surface area contributed by atoms with Crippen LogP contribution in [0.5, 0.6) is 0 Å². The summed E-state index contributed by atoms with van der Waals surface area (Å²) in [5.74, 6) is 0. The van der Waals surface area contributed by atoms with Crippen LogP contribution in [0, 0.1) is 0 Å². The van der Waals surface area contributed by atoms with E-state index in [0.29, 0.717) is 10.6 Å². The average molecular weight is 227 g/mol. The summed E-state index contributed by atoms with van der Waals surface area (Å²) in [5.41, 5.74) is 1.40. The molecule has 2 nitrogen and oxygen atoms in total. The molecular formula is C10H7ClO2S. The Morgan fingerprint density at radius 3 is 2.93 bits per heavy atom. The van der Waals surface area contributed by atoms with Crippen LogP contribution in [0.1, 0.15) is 15.9 Å². The van der Waals surface area contributed by atoms with Crippen molar-refractivity contribution in [2.45, 2.75) is 6.61 Å². The van der Waals surface area contributed by atoms with E-state index in [2.05, 4.69) is 0 Å². The molecule has 0 fully saturated rings. The minimum Gasteiger partial charge on any atom is -0.392 e. The van der Waals surface area contributed by atoms with E-state index in [1.54, 1.807) is 17.5 Å². The van der Waals surface area contributed by atoms with Gasteiger partial charge in [-0.15, -0.1) is 11.3 Å². The topological polar surface area (TPSA) is 37.3 Å². The summed E-state index contributed by atoms with van der Waals surface area (Å²) in [6.07, 6.45) is 0.784. The number of rotatable bonds is 2. The fraction of sp³-hybridized carbons (Fsp3) is 0.100. The van der Waals surface area contributed by atoms with Gasteiger partial charge in [-0.1, -0.05) is 17.7 Å². The third kappa shape index (κ3) is 1.34. The molecule has 0 aliphatic rings. The number of halogens is 1. The maximum absolute atomic E-state index is 10.7. The Morgan fingerprint density at radius 2 is 2.29 bits per heavy atom. The first-order valence-corrected chi connectivity index (χ1v) is 5.28. The SMILES string of the molecule is O=Cc1csc2c(CO)ccc(Cl)c12. The number of aliphatic hydroxyl groups excluding tert-OH is 1. The minimum absolute atomic E-state index is 0.0352. The second-order valence-corrected chi connectivity index (χ2v) is 4.16. The van der Waals surface area contributed by atoms with Crippen molar-refractivity contribution in [3.63, 3.8) is 0 Å². The van der Waals surface area contributed by atoms with E-state index in [-0.39, 0.29) is 6.61 Å². The van der Waals surface area contributed by atoms with Crippen molar-refractivity contribution in [3.05, 3.63) is 33.7 Å². The molecule has 1 heterocycles. The molecule has 0 saturated heterocycles. The highest BCUT2D eigenvalue weighted by Gasteiger charge is 2.10. The van der Waals surface area contributed by atoms with Gasteiger partial charge in [-0.05, 0) is 11.6 Å². The number of aldehydes is 1. The molecule has 1 N–H and O–H groups in total. The summed E-state index contributed by atoms with van der Waals surface area (Å²) in [7, 11) is 0. The summed E-state index contributed by atoms with van der Waals surface area (Å²) < 4.78 is 0.891. The molecule has 0 amide bonds. The van der Waals surface area contributed by atoms with Crippen LogP contribution in [-0.4, -0.2) is 11.4 Å². The third-order valence-corrected chi connectivity index (χ3v) is 3.47. The van der Waals surface area contributed by atoms with Crippen LogP contribution in [0.3, 0.4) is 0 Å². The van der Waals surface area contributed by atoms with Gasteiger partial charge in [0.25, 0.3) is 0 Å². The lowest BCUT2D eigenvalue weighted by Crippen LogP contribution is -1.84.